The third-order valence-corrected chi connectivity index (χ3v) is 5.32. The molecule has 1 aromatic heterocycles. The van der Waals surface area contributed by atoms with Crippen molar-refractivity contribution in [2.45, 2.75) is 40.0 Å². The molecule has 0 bridgehead atoms. The average molecular weight is 408 g/mol. The molecule has 0 aliphatic heterocycles. The molecule has 0 unspecified atom stereocenters. The Labute approximate surface area is 176 Å². The highest BCUT2D eigenvalue weighted by Crippen LogP contribution is 2.23. The van der Waals surface area contributed by atoms with Gasteiger partial charge in [0.1, 0.15) is 11.6 Å². The Balaban J connectivity index is 1.45. The number of amides is 1. The van der Waals surface area contributed by atoms with Gasteiger partial charge in [-0.3, -0.25) is 14.2 Å². The quantitative estimate of drug-likeness (QED) is 0.581. The van der Waals surface area contributed by atoms with E-state index >= 15 is 0 Å². The molecule has 0 aliphatic carbocycles. The van der Waals surface area contributed by atoms with Crippen molar-refractivity contribution in [3.05, 3.63) is 69.3 Å². The molecule has 3 rings (SSSR count). The molecule has 1 N–H and O–H groups in total. The first kappa shape index (κ1) is 21.6. The predicted molar refractivity (Wildman–Crippen MR) is 119 cm³/mol. The summed E-state index contributed by atoms with van der Waals surface area (Å²) in [4.78, 5) is 29.2. The molecule has 0 spiro atoms. The summed E-state index contributed by atoms with van der Waals surface area (Å²) in [6.45, 7) is 7.28. The van der Waals surface area contributed by atoms with Crippen molar-refractivity contribution in [3.8, 4) is 5.75 Å². The van der Waals surface area contributed by atoms with E-state index in [1.54, 1.807) is 13.1 Å². The van der Waals surface area contributed by atoms with Crippen LogP contribution in [0.3, 0.4) is 0 Å². The summed E-state index contributed by atoms with van der Waals surface area (Å²) in [5.41, 5.74) is 4.12. The number of hydrogen-bond donors (Lipinski definition) is 1. The third kappa shape index (κ3) is 5.06. The van der Waals surface area contributed by atoms with E-state index in [-0.39, 0.29) is 17.9 Å². The molecular formula is C24H29N3O3. The van der Waals surface area contributed by atoms with Crippen LogP contribution in [0.4, 0.5) is 0 Å². The number of carbonyl (C=O) groups is 1. The fourth-order valence-electron chi connectivity index (χ4n) is 3.43. The van der Waals surface area contributed by atoms with Crippen molar-refractivity contribution in [2.75, 3.05) is 13.2 Å². The maximum Gasteiger partial charge on any atom is 0.261 e. The highest BCUT2D eigenvalue weighted by atomic mass is 16.5. The van der Waals surface area contributed by atoms with Gasteiger partial charge in [-0.1, -0.05) is 18.2 Å². The van der Waals surface area contributed by atoms with Crippen LogP contribution < -0.4 is 15.6 Å². The fourth-order valence-corrected chi connectivity index (χ4v) is 3.43. The zero-order valence-electron chi connectivity index (χ0n) is 18.1. The van der Waals surface area contributed by atoms with E-state index in [0.29, 0.717) is 36.3 Å². The van der Waals surface area contributed by atoms with Crippen LogP contribution in [0.2, 0.25) is 0 Å². The van der Waals surface area contributed by atoms with E-state index < -0.39 is 0 Å². The summed E-state index contributed by atoms with van der Waals surface area (Å²) < 4.78 is 7.40. The van der Waals surface area contributed by atoms with Crippen LogP contribution in [-0.4, -0.2) is 28.6 Å². The number of fused-ring (bicyclic) bond motifs is 1. The van der Waals surface area contributed by atoms with Crippen molar-refractivity contribution in [3.63, 3.8) is 0 Å². The van der Waals surface area contributed by atoms with Crippen molar-refractivity contribution in [1.82, 2.24) is 14.9 Å². The summed E-state index contributed by atoms with van der Waals surface area (Å²) >= 11 is 0. The lowest BCUT2D eigenvalue weighted by Crippen LogP contribution is -2.27. The minimum Gasteiger partial charge on any atom is -0.493 e. The Bertz CT molecular complexity index is 1120. The molecule has 2 aromatic carbocycles. The lowest BCUT2D eigenvalue weighted by Gasteiger charge is -2.13. The number of benzene rings is 2. The first-order valence-electron chi connectivity index (χ1n) is 10.3. The Hall–Kier alpha value is -3.15. The summed E-state index contributed by atoms with van der Waals surface area (Å²) in [6, 6.07) is 11.4. The summed E-state index contributed by atoms with van der Waals surface area (Å²) in [6.07, 6.45) is 1.43. The Morgan fingerprint density at radius 2 is 1.93 bits per heavy atom. The number of para-hydroxylation sites is 1. The Morgan fingerprint density at radius 1 is 1.17 bits per heavy atom. The summed E-state index contributed by atoms with van der Waals surface area (Å²) in [7, 11) is 1.70. The highest BCUT2D eigenvalue weighted by molar-refractivity contribution is 5.78. The van der Waals surface area contributed by atoms with E-state index in [9.17, 15) is 9.59 Å². The summed E-state index contributed by atoms with van der Waals surface area (Å²) in [5, 5.41) is 3.50. The van der Waals surface area contributed by atoms with E-state index in [1.807, 2.05) is 24.3 Å². The lowest BCUT2D eigenvalue weighted by molar-refractivity contribution is -0.121. The van der Waals surface area contributed by atoms with Gasteiger partial charge >= 0.3 is 0 Å². The molecule has 1 heterocycles. The zero-order chi connectivity index (χ0) is 21.7. The van der Waals surface area contributed by atoms with Crippen molar-refractivity contribution < 1.29 is 9.53 Å². The maximum atomic E-state index is 12.4. The second-order valence-corrected chi connectivity index (χ2v) is 7.67. The van der Waals surface area contributed by atoms with E-state index in [2.05, 4.69) is 37.1 Å². The molecule has 0 radical (unpaired) electrons. The largest absolute Gasteiger partial charge is 0.493 e. The number of aryl methyl sites for hydroxylation is 3. The highest BCUT2D eigenvalue weighted by Gasteiger charge is 2.10. The molecule has 0 aliphatic rings. The van der Waals surface area contributed by atoms with Gasteiger partial charge in [0, 0.05) is 26.4 Å². The first-order valence-corrected chi connectivity index (χ1v) is 10.3. The molecule has 1 amide bonds. The molecule has 0 saturated carbocycles. The lowest BCUT2D eigenvalue weighted by atomic mass is 10.1. The standard InChI is InChI=1S/C24H29N3O3/c1-16-14-17(2)18(3)21(15-16)30-13-7-12-25-23(28)11-10-22-26-20-9-6-5-8-19(20)24(29)27(22)4/h5-6,8-9,14-15H,7,10-13H2,1-4H3,(H,25,28). The van der Waals surface area contributed by atoms with Gasteiger partial charge in [-0.15, -0.1) is 0 Å². The van der Waals surface area contributed by atoms with Crippen molar-refractivity contribution in [2.24, 2.45) is 7.05 Å². The molecule has 0 atom stereocenters. The Morgan fingerprint density at radius 3 is 2.73 bits per heavy atom. The van der Waals surface area contributed by atoms with Gasteiger partial charge in [-0.25, -0.2) is 4.98 Å². The molecule has 3 aromatic rings. The number of hydrogen-bond acceptors (Lipinski definition) is 4. The molecular weight excluding hydrogens is 378 g/mol. The molecule has 158 valence electrons. The van der Waals surface area contributed by atoms with Crippen molar-refractivity contribution in [1.29, 1.82) is 0 Å². The van der Waals surface area contributed by atoms with Gasteiger partial charge < -0.3 is 10.1 Å². The first-order chi connectivity index (χ1) is 14.4. The van der Waals surface area contributed by atoms with E-state index in [4.69, 9.17) is 4.74 Å². The second-order valence-electron chi connectivity index (χ2n) is 7.67. The number of carbonyl (C=O) groups excluding carboxylic acids is 1. The molecule has 6 heteroatoms. The molecule has 0 fully saturated rings. The van der Waals surface area contributed by atoms with Crippen LogP contribution in [-0.2, 0) is 18.3 Å². The topological polar surface area (TPSA) is 73.2 Å². The smallest absolute Gasteiger partial charge is 0.261 e. The van der Waals surface area contributed by atoms with Crippen LogP contribution in [0.25, 0.3) is 10.9 Å². The monoisotopic (exact) mass is 407 g/mol. The Kier molecular flexibility index (Phi) is 6.87. The van der Waals surface area contributed by atoms with Crippen LogP contribution in [0.15, 0.2) is 41.2 Å². The second kappa shape index (κ2) is 9.57. The van der Waals surface area contributed by atoms with E-state index in [0.717, 1.165) is 17.7 Å². The average Bonchev–Trinajstić information content (AvgIpc) is 2.72. The molecule has 0 saturated heterocycles. The normalized spacial score (nSPS) is 10.9. The molecule has 6 nitrogen and oxygen atoms in total. The van der Waals surface area contributed by atoms with Gasteiger partial charge in [0.2, 0.25) is 5.91 Å². The summed E-state index contributed by atoms with van der Waals surface area (Å²) in [5.74, 6) is 1.46. The van der Waals surface area contributed by atoms with Crippen LogP contribution >= 0.6 is 0 Å². The van der Waals surface area contributed by atoms with Crippen LogP contribution in [0.1, 0.15) is 35.4 Å². The molecule has 30 heavy (non-hydrogen) atoms. The maximum absolute atomic E-state index is 12.4. The number of aromatic nitrogens is 2. The number of ether oxygens (including phenoxy) is 1. The van der Waals surface area contributed by atoms with E-state index in [1.165, 1.54) is 15.7 Å². The van der Waals surface area contributed by atoms with Gasteiger partial charge in [0.05, 0.1) is 17.5 Å². The number of nitrogens with one attached hydrogen (secondary N) is 1. The SMILES string of the molecule is Cc1cc(C)c(C)c(OCCCNC(=O)CCc2nc3ccccc3c(=O)n2C)c1. The van der Waals surface area contributed by atoms with Gasteiger partial charge in [-0.05, 0) is 62.1 Å². The minimum absolute atomic E-state index is 0.0556. The fraction of sp³-hybridized carbons (Fsp3) is 0.375. The van der Waals surface area contributed by atoms with Gasteiger partial charge in [-0.2, -0.15) is 0 Å². The number of nitrogens with zero attached hydrogens (tertiary/aromatic N) is 2. The van der Waals surface area contributed by atoms with Gasteiger partial charge in [0.15, 0.2) is 0 Å². The van der Waals surface area contributed by atoms with Crippen LogP contribution in [0, 0.1) is 20.8 Å². The minimum atomic E-state index is -0.0881. The zero-order valence-corrected chi connectivity index (χ0v) is 18.1. The van der Waals surface area contributed by atoms with Crippen molar-refractivity contribution >= 4 is 16.8 Å². The predicted octanol–water partition coefficient (Wildman–Crippen LogP) is 3.38. The van der Waals surface area contributed by atoms with Gasteiger partial charge in [0.25, 0.3) is 5.56 Å². The number of rotatable bonds is 8. The van der Waals surface area contributed by atoms with Crippen LogP contribution in [0.5, 0.6) is 5.75 Å². The third-order valence-electron chi connectivity index (χ3n) is 5.32.